The van der Waals surface area contributed by atoms with Crippen LogP contribution in [-0.4, -0.2) is 27.3 Å². The van der Waals surface area contributed by atoms with E-state index in [1.807, 2.05) is 34.3 Å². The number of para-hydroxylation sites is 1. The Hall–Kier alpha value is -1.52. The molecular formula is C15H16ClN3O. The van der Waals surface area contributed by atoms with Crippen LogP contribution in [0.25, 0.3) is 11.3 Å². The molecule has 0 atom stereocenters. The third-order valence-corrected chi connectivity index (χ3v) is 4.62. The summed E-state index contributed by atoms with van der Waals surface area (Å²) in [5.41, 5.74) is 3.06. The molecule has 3 heterocycles. The molecule has 1 spiro atoms. The fourth-order valence-electron chi connectivity index (χ4n) is 3.25. The first-order valence-electron chi connectivity index (χ1n) is 6.91. The number of halogens is 1. The Bertz CT molecular complexity index is 659. The number of ether oxygens (including phenoxy) is 1. The van der Waals surface area contributed by atoms with E-state index in [1.54, 1.807) is 0 Å². The predicted molar refractivity (Wildman–Crippen MR) is 77.6 cm³/mol. The van der Waals surface area contributed by atoms with E-state index in [1.165, 1.54) is 5.56 Å². The minimum Gasteiger partial charge on any atom is -0.482 e. The van der Waals surface area contributed by atoms with Crippen LogP contribution < -0.4 is 4.74 Å². The van der Waals surface area contributed by atoms with Crippen LogP contribution in [0, 0.1) is 0 Å². The van der Waals surface area contributed by atoms with Crippen molar-refractivity contribution in [3.8, 4) is 17.0 Å². The largest absolute Gasteiger partial charge is 0.482 e. The van der Waals surface area contributed by atoms with E-state index >= 15 is 0 Å². The number of rotatable bonds is 0. The summed E-state index contributed by atoms with van der Waals surface area (Å²) in [6.45, 7) is 1.66. The molecule has 0 radical (unpaired) electrons. The number of fused-ring (bicyclic) bond motifs is 4. The molecule has 20 heavy (non-hydrogen) atoms. The summed E-state index contributed by atoms with van der Waals surface area (Å²) < 4.78 is 10.1. The van der Waals surface area contributed by atoms with Crippen molar-refractivity contribution >= 4 is 11.8 Å². The summed E-state index contributed by atoms with van der Waals surface area (Å²) in [6, 6.07) is 8.14. The van der Waals surface area contributed by atoms with Gasteiger partial charge in [-0.15, -0.1) is 0 Å². The van der Waals surface area contributed by atoms with E-state index in [-0.39, 0.29) is 5.60 Å². The molecule has 0 aliphatic carbocycles. The van der Waals surface area contributed by atoms with Gasteiger partial charge in [-0.2, -0.15) is 5.10 Å². The Morgan fingerprint density at radius 3 is 2.80 bits per heavy atom. The van der Waals surface area contributed by atoms with Crippen molar-refractivity contribution in [3.63, 3.8) is 0 Å². The Labute approximate surface area is 123 Å². The zero-order valence-electron chi connectivity index (χ0n) is 11.3. The number of aromatic nitrogens is 2. The standard InChI is InChI=1S/C15H16ClN3O/c1-18-10-12-14(17-18)11-4-2-3-5-13(11)20-15(12)6-8-19(16)9-7-15/h2-5,10H,6-9H2,1H3. The number of aryl methyl sites for hydroxylation is 1. The van der Waals surface area contributed by atoms with Crippen LogP contribution in [0.15, 0.2) is 30.5 Å². The van der Waals surface area contributed by atoms with Crippen LogP contribution >= 0.6 is 11.8 Å². The maximum atomic E-state index is 6.41. The first-order chi connectivity index (χ1) is 9.68. The monoisotopic (exact) mass is 289 g/mol. The van der Waals surface area contributed by atoms with Gasteiger partial charge >= 0.3 is 0 Å². The summed E-state index contributed by atoms with van der Waals surface area (Å²) in [5, 5.41) is 4.65. The second kappa shape index (κ2) is 4.24. The van der Waals surface area contributed by atoms with Crippen LogP contribution in [0.1, 0.15) is 18.4 Å². The molecule has 1 saturated heterocycles. The van der Waals surface area contributed by atoms with Gasteiger partial charge in [0, 0.05) is 50.3 Å². The molecule has 1 fully saturated rings. The summed E-state index contributed by atoms with van der Waals surface area (Å²) >= 11 is 6.11. The molecule has 2 aromatic rings. The van der Waals surface area contributed by atoms with Gasteiger partial charge in [0.1, 0.15) is 17.0 Å². The third kappa shape index (κ3) is 1.68. The van der Waals surface area contributed by atoms with Gasteiger partial charge in [0.05, 0.1) is 0 Å². The molecule has 0 saturated carbocycles. The lowest BCUT2D eigenvalue weighted by Gasteiger charge is -2.42. The van der Waals surface area contributed by atoms with E-state index < -0.39 is 0 Å². The van der Waals surface area contributed by atoms with Crippen LogP contribution in [0.3, 0.4) is 0 Å². The van der Waals surface area contributed by atoms with E-state index in [0.29, 0.717) is 0 Å². The van der Waals surface area contributed by atoms with Crippen LogP contribution in [-0.2, 0) is 12.6 Å². The Morgan fingerprint density at radius 1 is 1.25 bits per heavy atom. The van der Waals surface area contributed by atoms with E-state index in [9.17, 15) is 0 Å². The molecule has 1 aromatic carbocycles. The smallest absolute Gasteiger partial charge is 0.140 e. The van der Waals surface area contributed by atoms with Crippen molar-refractivity contribution in [2.24, 2.45) is 7.05 Å². The van der Waals surface area contributed by atoms with Gasteiger partial charge < -0.3 is 4.74 Å². The van der Waals surface area contributed by atoms with Crippen LogP contribution in [0.2, 0.25) is 0 Å². The minimum atomic E-state index is -0.274. The number of hydrogen-bond acceptors (Lipinski definition) is 3. The molecule has 4 rings (SSSR count). The molecule has 0 amide bonds. The third-order valence-electron chi connectivity index (χ3n) is 4.28. The van der Waals surface area contributed by atoms with Gasteiger partial charge in [0.15, 0.2) is 0 Å². The van der Waals surface area contributed by atoms with E-state index in [0.717, 1.165) is 42.9 Å². The first kappa shape index (κ1) is 12.2. The van der Waals surface area contributed by atoms with Gasteiger partial charge in [-0.3, -0.25) is 4.68 Å². The summed E-state index contributed by atoms with van der Waals surface area (Å²) in [7, 11) is 1.96. The fraction of sp³-hybridized carbons (Fsp3) is 0.400. The molecule has 2 aliphatic rings. The molecular weight excluding hydrogens is 274 g/mol. The second-order valence-electron chi connectivity index (χ2n) is 5.57. The lowest BCUT2D eigenvalue weighted by molar-refractivity contribution is 0.0139. The number of hydrogen-bond donors (Lipinski definition) is 0. The van der Waals surface area contributed by atoms with Gasteiger partial charge in [0.25, 0.3) is 0 Å². The van der Waals surface area contributed by atoms with Gasteiger partial charge in [-0.05, 0) is 23.9 Å². The summed E-state index contributed by atoms with van der Waals surface area (Å²) in [6.07, 6.45) is 3.88. The zero-order valence-corrected chi connectivity index (χ0v) is 12.1. The summed E-state index contributed by atoms with van der Waals surface area (Å²) in [4.78, 5) is 0. The number of benzene rings is 1. The van der Waals surface area contributed by atoms with Crippen molar-refractivity contribution in [1.82, 2.24) is 14.2 Å². The highest BCUT2D eigenvalue weighted by Crippen LogP contribution is 2.48. The lowest BCUT2D eigenvalue weighted by Crippen LogP contribution is -2.44. The maximum absolute atomic E-state index is 6.41. The average molecular weight is 290 g/mol. The Balaban J connectivity index is 1.88. The maximum Gasteiger partial charge on any atom is 0.140 e. The van der Waals surface area contributed by atoms with Crippen LogP contribution in [0.5, 0.6) is 5.75 Å². The Morgan fingerprint density at radius 2 is 2.00 bits per heavy atom. The van der Waals surface area contributed by atoms with Crippen molar-refractivity contribution in [2.75, 3.05) is 13.1 Å². The van der Waals surface area contributed by atoms with Crippen molar-refractivity contribution < 1.29 is 4.74 Å². The highest BCUT2D eigenvalue weighted by Gasteiger charge is 2.44. The summed E-state index contributed by atoms with van der Waals surface area (Å²) in [5.74, 6) is 0.932. The zero-order chi connectivity index (χ0) is 13.7. The highest BCUT2D eigenvalue weighted by atomic mass is 35.5. The number of nitrogens with zero attached hydrogens (tertiary/aromatic N) is 3. The SMILES string of the molecule is Cn1cc2c(n1)-c1ccccc1OC21CCN(Cl)CC1. The van der Waals surface area contributed by atoms with Crippen LogP contribution in [0.4, 0.5) is 0 Å². The molecule has 104 valence electrons. The highest BCUT2D eigenvalue weighted by molar-refractivity contribution is 6.13. The van der Waals surface area contributed by atoms with Crippen molar-refractivity contribution in [2.45, 2.75) is 18.4 Å². The molecule has 2 aliphatic heterocycles. The normalized spacial score (nSPS) is 20.3. The predicted octanol–water partition coefficient (Wildman–Crippen LogP) is 2.92. The van der Waals surface area contributed by atoms with Gasteiger partial charge in [-0.1, -0.05) is 12.1 Å². The quantitative estimate of drug-likeness (QED) is 0.699. The first-order valence-corrected chi connectivity index (χ1v) is 7.25. The molecule has 0 bridgehead atoms. The average Bonchev–Trinajstić information content (AvgIpc) is 2.85. The van der Waals surface area contributed by atoms with E-state index in [2.05, 4.69) is 17.4 Å². The minimum absolute atomic E-state index is 0.274. The van der Waals surface area contributed by atoms with Crippen molar-refractivity contribution in [1.29, 1.82) is 0 Å². The lowest BCUT2D eigenvalue weighted by atomic mass is 9.81. The molecule has 0 N–H and O–H groups in total. The van der Waals surface area contributed by atoms with Gasteiger partial charge in [0.2, 0.25) is 0 Å². The fourth-order valence-corrected chi connectivity index (χ4v) is 3.42. The molecule has 1 aromatic heterocycles. The molecule has 0 unspecified atom stereocenters. The van der Waals surface area contributed by atoms with Gasteiger partial charge in [-0.25, -0.2) is 4.42 Å². The topological polar surface area (TPSA) is 30.3 Å². The van der Waals surface area contributed by atoms with Crippen molar-refractivity contribution in [3.05, 3.63) is 36.0 Å². The number of piperidine rings is 1. The molecule has 5 heteroatoms. The second-order valence-corrected chi connectivity index (χ2v) is 6.05. The Kier molecular flexibility index (Phi) is 2.59. The van der Waals surface area contributed by atoms with E-state index in [4.69, 9.17) is 16.5 Å². The molecule has 4 nitrogen and oxygen atoms in total.